The van der Waals surface area contributed by atoms with Gasteiger partial charge >= 0.3 is 5.97 Å². The molecule has 5 nitrogen and oxygen atoms in total. The number of thiophene rings is 1. The first kappa shape index (κ1) is 12.3. The van der Waals surface area contributed by atoms with Crippen molar-refractivity contribution < 1.29 is 14.6 Å². The number of methoxy groups -OCH3 is 1. The number of piperidine rings is 1. The van der Waals surface area contributed by atoms with E-state index in [1.165, 1.54) is 11.3 Å². The summed E-state index contributed by atoms with van der Waals surface area (Å²) in [5.74, 6) is -0.877. The highest BCUT2D eigenvalue weighted by molar-refractivity contribution is 7.17. The Labute approximate surface area is 104 Å². The number of nitrogens with zero attached hydrogens (tertiary/aromatic N) is 1. The number of hydrogen-bond acceptors (Lipinski definition) is 5. The second-order valence-corrected chi connectivity index (χ2v) is 5.18. The van der Waals surface area contributed by atoms with Crippen molar-refractivity contribution in [2.45, 2.75) is 18.6 Å². The van der Waals surface area contributed by atoms with Crippen molar-refractivity contribution in [3.63, 3.8) is 0 Å². The summed E-state index contributed by atoms with van der Waals surface area (Å²) in [5, 5.41) is 9.85. The quantitative estimate of drug-likeness (QED) is 0.843. The Kier molecular flexibility index (Phi) is 3.66. The van der Waals surface area contributed by atoms with Crippen molar-refractivity contribution in [2.75, 3.05) is 25.1 Å². The minimum Gasteiger partial charge on any atom is -0.477 e. The molecule has 0 saturated carbocycles. The zero-order valence-corrected chi connectivity index (χ0v) is 10.4. The van der Waals surface area contributed by atoms with Gasteiger partial charge < -0.3 is 20.5 Å². The first-order valence-corrected chi connectivity index (χ1v) is 6.30. The molecular formula is C11H16N2O3S. The Bertz CT molecular complexity index is 407. The van der Waals surface area contributed by atoms with Gasteiger partial charge in [0.25, 0.3) is 0 Å². The lowest BCUT2D eigenvalue weighted by Gasteiger charge is -2.36. The molecule has 1 aliphatic heterocycles. The molecule has 2 atom stereocenters. The molecule has 1 aromatic heterocycles. The van der Waals surface area contributed by atoms with Gasteiger partial charge in [0.2, 0.25) is 0 Å². The lowest BCUT2D eigenvalue weighted by Crippen LogP contribution is -2.51. The van der Waals surface area contributed by atoms with Gasteiger partial charge in [-0.15, -0.1) is 11.3 Å². The fourth-order valence-electron chi connectivity index (χ4n) is 2.00. The van der Waals surface area contributed by atoms with Crippen LogP contribution in [0.3, 0.4) is 0 Å². The summed E-state index contributed by atoms with van der Waals surface area (Å²) in [4.78, 5) is 13.3. The molecule has 3 N–H and O–H groups in total. The van der Waals surface area contributed by atoms with Crippen molar-refractivity contribution >= 4 is 22.3 Å². The maximum atomic E-state index is 10.8. The molecule has 1 aliphatic rings. The second-order valence-electron chi connectivity index (χ2n) is 4.12. The van der Waals surface area contributed by atoms with Crippen LogP contribution in [0.5, 0.6) is 0 Å². The van der Waals surface area contributed by atoms with Crippen LogP contribution in [0.4, 0.5) is 5.00 Å². The Balaban J connectivity index is 2.09. The van der Waals surface area contributed by atoms with Gasteiger partial charge in [-0.3, -0.25) is 0 Å². The third kappa shape index (κ3) is 2.59. The highest BCUT2D eigenvalue weighted by Crippen LogP contribution is 2.28. The van der Waals surface area contributed by atoms with Gasteiger partial charge in [-0.1, -0.05) is 0 Å². The van der Waals surface area contributed by atoms with Gasteiger partial charge in [0.05, 0.1) is 11.1 Å². The normalized spacial score (nSPS) is 24.9. The first-order valence-electron chi connectivity index (χ1n) is 5.48. The smallest absolute Gasteiger partial charge is 0.345 e. The third-order valence-corrected chi connectivity index (χ3v) is 4.16. The fraction of sp³-hybridized carbons (Fsp3) is 0.545. The van der Waals surface area contributed by atoms with Crippen LogP contribution in [0.25, 0.3) is 0 Å². The summed E-state index contributed by atoms with van der Waals surface area (Å²) in [5.41, 5.74) is 5.94. The first-order chi connectivity index (χ1) is 8.11. The van der Waals surface area contributed by atoms with E-state index in [4.69, 9.17) is 15.6 Å². The van der Waals surface area contributed by atoms with Crippen molar-refractivity contribution in [3.8, 4) is 0 Å². The zero-order chi connectivity index (χ0) is 12.4. The van der Waals surface area contributed by atoms with Gasteiger partial charge in [-0.2, -0.15) is 0 Å². The van der Waals surface area contributed by atoms with E-state index >= 15 is 0 Å². The largest absolute Gasteiger partial charge is 0.477 e. The lowest BCUT2D eigenvalue weighted by atomic mass is 10.0. The van der Waals surface area contributed by atoms with Crippen LogP contribution in [0.15, 0.2) is 12.1 Å². The summed E-state index contributed by atoms with van der Waals surface area (Å²) >= 11 is 1.29. The number of carboxylic acid groups (broad SMARTS) is 1. The minimum atomic E-state index is -0.877. The van der Waals surface area contributed by atoms with Crippen LogP contribution in [0.2, 0.25) is 0 Å². The molecule has 1 saturated heterocycles. The molecule has 0 unspecified atom stereocenters. The summed E-state index contributed by atoms with van der Waals surface area (Å²) in [7, 11) is 1.66. The predicted octanol–water partition coefficient (Wildman–Crippen LogP) is 0.999. The predicted molar refractivity (Wildman–Crippen MR) is 66.9 cm³/mol. The summed E-state index contributed by atoms with van der Waals surface area (Å²) in [6, 6.07) is 3.55. The van der Waals surface area contributed by atoms with Crippen molar-refractivity contribution in [3.05, 3.63) is 17.0 Å². The third-order valence-electron chi connectivity index (χ3n) is 3.03. The molecule has 2 heterocycles. The number of carboxylic acids is 1. The zero-order valence-electron chi connectivity index (χ0n) is 9.63. The number of anilines is 1. The highest BCUT2D eigenvalue weighted by Gasteiger charge is 2.27. The molecule has 17 heavy (non-hydrogen) atoms. The van der Waals surface area contributed by atoms with Crippen LogP contribution in [-0.4, -0.2) is 43.4 Å². The van der Waals surface area contributed by atoms with E-state index in [0.29, 0.717) is 4.88 Å². The molecule has 0 aliphatic carbocycles. The standard InChI is InChI=1S/C11H16N2O3S/c1-16-8-6-13(5-4-7(8)12)10-3-2-9(17-10)11(14)15/h2-3,7-8H,4-6,12H2,1H3,(H,14,15)/t7-,8+/m0/s1. The van der Waals surface area contributed by atoms with Crippen molar-refractivity contribution in [2.24, 2.45) is 5.73 Å². The maximum absolute atomic E-state index is 10.8. The summed E-state index contributed by atoms with van der Waals surface area (Å²) in [6.07, 6.45) is 0.873. The maximum Gasteiger partial charge on any atom is 0.345 e. The van der Waals surface area contributed by atoms with E-state index < -0.39 is 5.97 Å². The number of ether oxygens (including phenoxy) is 1. The molecule has 0 amide bonds. The van der Waals surface area contributed by atoms with Crippen LogP contribution in [0.1, 0.15) is 16.1 Å². The Morgan fingerprint density at radius 1 is 1.65 bits per heavy atom. The van der Waals surface area contributed by atoms with E-state index in [1.54, 1.807) is 13.2 Å². The van der Waals surface area contributed by atoms with E-state index in [1.807, 2.05) is 6.07 Å². The summed E-state index contributed by atoms with van der Waals surface area (Å²) < 4.78 is 5.33. The SMILES string of the molecule is CO[C@@H]1CN(c2ccc(C(=O)O)s2)CC[C@@H]1N. The van der Waals surface area contributed by atoms with Crippen molar-refractivity contribution in [1.82, 2.24) is 0 Å². The number of nitrogens with two attached hydrogens (primary N) is 1. The molecule has 2 rings (SSSR count). The van der Waals surface area contributed by atoms with Gasteiger partial charge in [0.15, 0.2) is 0 Å². The Hall–Kier alpha value is -1.11. The van der Waals surface area contributed by atoms with E-state index in [2.05, 4.69) is 4.90 Å². The highest BCUT2D eigenvalue weighted by atomic mass is 32.1. The summed E-state index contributed by atoms with van der Waals surface area (Å²) in [6.45, 7) is 1.57. The molecule has 0 bridgehead atoms. The van der Waals surface area contributed by atoms with E-state index in [0.717, 1.165) is 24.5 Å². The molecule has 1 fully saturated rings. The van der Waals surface area contributed by atoms with E-state index in [-0.39, 0.29) is 12.1 Å². The average molecular weight is 256 g/mol. The minimum absolute atomic E-state index is 0.0131. The Morgan fingerprint density at radius 3 is 3.00 bits per heavy atom. The van der Waals surface area contributed by atoms with Crippen LogP contribution in [0, 0.1) is 0 Å². The second kappa shape index (κ2) is 5.03. The van der Waals surface area contributed by atoms with Gasteiger partial charge in [-0.05, 0) is 18.6 Å². The Morgan fingerprint density at radius 2 is 2.41 bits per heavy atom. The molecule has 0 aromatic carbocycles. The fourth-order valence-corrected chi connectivity index (χ4v) is 2.88. The molecule has 6 heteroatoms. The van der Waals surface area contributed by atoms with Crippen molar-refractivity contribution in [1.29, 1.82) is 0 Å². The molecule has 0 radical (unpaired) electrons. The monoisotopic (exact) mass is 256 g/mol. The van der Waals surface area contributed by atoms with E-state index in [9.17, 15) is 4.79 Å². The van der Waals surface area contributed by atoms with Gasteiger partial charge in [-0.25, -0.2) is 4.79 Å². The molecule has 94 valence electrons. The lowest BCUT2D eigenvalue weighted by molar-refractivity contribution is 0.0702. The number of carbonyl (C=O) groups is 1. The average Bonchev–Trinajstić information content (AvgIpc) is 2.79. The molecule has 1 aromatic rings. The van der Waals surface area contributed by atoms with Crippen LogP contribution < -0.4 is 10.6 Å². The number of aromatic carboxylic acids is 1. The number of hydrogen-bond donors (Lipinski definition) is 2. The molecular weight excluding hydrogens is 240 g/mol. The van der Waals surface area contributed by atoms with Crippen LogP contribution >= 0.6 is 11.3 Å². The van der Waals surface area contributed by atoms with Crippen LogP contribution in [-0.2, 0) is 4.74 Å². The van der Waals surface area contributed by atoms with Gasteiger partial charge in [0.1, 0.15) is 4.88 Å². The topological polar surface area (TPSA) is 75.8 Å². The number of rotatable bonds is 3. The molecule has 0 spiro atoms. The van der Waals surface area contributed by atoms with Gasteiger partial charge in [0, 0.05) is 26.2 Å².